The molecule has 0 aliphatic carbocycles. The lowest BCUT2D eigenvalue weighted by molar-refractivity contribution is -0.959. The molecule has 1 amide bonds. The lowest BCUT2D eigenvalue weighted by atomic mass is 9.82. The molecule has 2 bridgehead atoms. The average molecular weight is 391 g/mol. The lowest BCUT2D eigenvalue weighted by Crippen LogP contribution is -3.21. The highest BCUT2D eigenvalue weighted by Crippen LogP contribution is 2.31. The van der Waals surface area contributed by atoms with E-state index in [-0.39, 0.29) is 17.9 Å². The number of rotatable bonds is 5. The van der Waals surface area contributed by atoms with Gasteiger partial charge >= 0.3 is 0 Å². The maximum Gasteiger partial charge on any atom is 0.274 e. The van der Waals surface area contributed by atoms with Crippen LogP contribution < -0.4 is 20.7 Å². The Morgan fingerprint density at radius 2 is 2.07 bits per heavy atom. The number of piperidine rings is 2. The molecule has 0 spiro atoms. The number of quaternary nitrogens is 2. The minimum Gasteiger partial charge on any atom is -0.384 e. The van der Waals surface area contributed by atoms with Crippen molar-refractivity contribution in [1.82, 2.24) is 4.57 Å². The van der Waals surface area contributed by atoms with Crippen molar-refractivity contribution in [2.45, 2.75) is 44.2 Å². The zero-order valence-corrected chi connectivity index (χ0v) is 17.1. The van der Waals surface area contributed by atoms with E-state index < -0.39 is 0 Å². The highest BCUT2D eigenvalue weighted by Gasteiger charge is 2.41. The number of carbonyl (C=O) groups excluding carboxylic acids is 1. The Morgan fingerprint density at radius 3 is 2.82 bits per heavy atom. The molecule has 4 rings (SSSR count). The molecule has 7 nitrogen and oxygen atoms in total. The van der Waals surface area contributed by atoms with E-state index in [4.69, 9.17) is 4.74 Å². The molecule has 0 saturated carbocycles. The number of carbonyl (C=O) groups is 1. The average Bonchev–Trinajstić information content (AvgIpc) is 2.69. The van der Waals surface area contributed by atoms with E-state index in [1.54, 1.807) is 23.0 Å². The van der Waals surface area contributed by atoms with Crippen LogP contribution in [0.2, 0.25) is 0 Å². The number of hydrogen-bond acceptors (Lipinski definition) is 3. The molecular weight excluding hydrogens is 356 g/mol. The van der Waals surface area contributed by atoms with Gasteiger partial charge in [0, 0.05) is 44.0 Å². The van der Waals surface area contributed by atoms with Crippen LogP contribution in [0.25, 0.3) is 0 Å². The predicted molar refractivity (Wildman–Crippen MR) is 107 cm³/mol. The van der Waals surface area contributed by atoms with Crippen molar-refractivity contribution < 1.29 is 19.3 Å². The van der Waals surface area contributed by atoms with Crippen molar-refractivity contribution >= 4 is 11.6 Å². The molecule has 1 aromatic heterocycles. The predicted octanol–water partition coefficient (Wildman–Crippen LogP) is -1.50. The van der Waals surface area contributed by atoms with Gasteiger partial charge in [-0.15, -0.1) is 0 Å². The maximum absolute atomic E-state index is 13.0. The molecule has 1 aromatic rings. The summed E-state index contributed by atoms with van der Waals surface area (Å²) in [5.74, 6) is 0.848. The molecule has 2 fully saturated rings. The number of ether oxygens (including phenoxy) is 1. The maximum atomic E-state index is 13.0. The van der Waals surface area contributed by atoms with Gasteiger partial charge in [0.15, 0.2) is 0 Å². The van der Waals surface area contributed by atoms with Crippen LogP contribution in [0.5, 0.6) is 0 Å². The van der Waals surface area contributed by atoms with E-state index in [9.17, 15) is 9.59 Å². The fraction of sp³-hybridized carbons (Fsp3) is 0.714. The number of hydrogen-bond donors (Lipinski definition) is 3. The molecule has 0 radical (unpaired) electrons. The van der Waals surface area contributed by atoms with E-state index in [1.165, 1.54) is 38.9 Å². The number of pyridine rings is 1. The van der Waals surface area contributed by atoms with Gasteiger partial charge in [0.05, 0.1) is 52.3 Å². The van der Waals surface area contributed by atoms with E-state index >= 15 is 0 Å². The van der Waals surface area contributed by atoms with Gasteiger partial charge in [-0.3, -0.25) is 9.59 Å². The van der Waals surface area contributed by atoms with Crippen LogP contribution in [0.3, 0.4) is 0 Å². The van der Waals surface area contributed by atoms with Gasteiger partial charge < -0.3 is 24.4 Å². The summed E-state index contributed by atoms with van der Waals surface area (Å²) < 4.78 is 6.87. The van der Waals surface area contributed by atoms with Gasteiger partial charge in [0.2, 0.25) is 5.91 Å². The van der Waals surface area contributed by atoms with Gasteiger partial charge in [-0.25, -0.2) is 0 Å². The van der Waals surface area contributed by atoms with Gasteiger partial charge in [-0.2, -0.15) is 0 Å². The quantitative estimate of drug-likeness (QED) is 0.573. The summed E-state index contributed by atoms with van der Waals surface area (Å²) in [7, 11) is 3.86. The smallest absolute Gasteiger partial charge is 0.274 e. The summed E-state index contributed by atoms with van der Waals surface area (Å²) in [4.78, 5) is 28.4. The fourth-order valence-electron chi connectivity index (χ4n) is 5.45. The molecule has 0 aromatic carbocycles. The second-order valence-corrected chi connectivity index (χ2v) is 8.98. The van der Waals surface area contributed by atoms with Crippen LogP contribution in [0.4, 0.5) is 5.69 Å². The summed E-state index contributed by atoms with van der Waals surface area (Å²) in [5, 5.41) is 2.77. The summed E-state index contributed by atoms with van der Waals surface area (Å²) in [6, 6.07) is 4.65. The van der Waals surface area contributed by atoms with Gasteiger partial charge in [-0.1, -0.05) is 0 Å². The van der Waals surface area contributed by atoms with E-state index in [0.717, 1.165) is 24.8 Å². The SMILES string of the molecule is COCCC(=O)Nc1ccc2n(c1=O)C[C@H]1C[C@@H]2C[NH+](C2CC[NH+](C)CC2)C1. The molecule has 3 aliphatic heterocycles. The third kappa shape index (κ3) is 4.02. The van der Waals surface area contributed by atoms with Crippen LogP contribution >= 0.6 is 0 Å². The first-order valence-corrected chi connectivity index (χ1v) is 10.7. The number of methoxy groups -OCH3 is 1. The molecule has 3 atom stereocenters. The molecular formula is C21H34N4O3+2. The van der Waals surface area contributed by atoms with Crippen molar-refractivity contribution in [3.63, 3.8) is 0 Å². The highest BCUT2D eigenvalue weighted by atomic mass is 16.5. The van der Waals surface area contributed by atoms with E-state index in [0.29, 0.717) is 24.1 Å². The molecule has 154 valence electrons. The Bertz CT molecular complexity index is 769. The number of aromatic nitrogens is 1. The summed E-state index contributed by atoms with van der Waals surface area (Å²) in [6.45, 7) is 6.03. The van der Waals surface area contributed by atoms with Gasteiger partial charge in [-0.05, 0) is 18.6 Å². The summed E-state index contributed by atoms with van der Waals surface area (Å²) >= 11 is 0. The van der Waals surface area contributed by atoms with Crippen molar-refractivity contribution in [3.05, 3.63) is 28.2 Å². The highest BCUT2D eigenvalue weighted by molar-refractivity contribution is 5.90. The van der Waals surface area contributed by atoms with Crippen molar-refractivity contribution in [1.29, 1.82) is 0 Å². The Morgan fingerprint density at radius 1 is 1.29 bits per heavy atom. The lowest BCUT2D eigenvalue weighted by Gasteiger charge is -2.44. The Kier molecular flexibility index (Phi) is 5.85. The van der Waals surface area contributed by atoms with Crippen LogP contribution in [0.1, 0.15) is 37.3 Å². The topological polar surface area (TPSA) is 69.2 Å². The molecule has 3 N–H and O–H groups in total. The van der Waals surface area contributed by atoms with Crippen LogP contribution in [0, 0.1) is 5.92 Å². The first-order valence-electron chi connectivity index (χ1n) is 10.7. The second-order valence-electron chi connectivity index (χ2n) is 8.98. The largest absolute Gasteiger partial charge is 0.384 e. The van der Waals surface area contributed by atoms with Crippen molar-refractivity contribution in [3.8, 4) is 0 Å². The molecule has 4 heterocycles. The van der Waals surface area contributed by atoms with Crippen molar-refractivity contribution in [2.24, 2.45) is 5.92 Å². The number of fused-ring (bicyclic) bond motifs is 4. The van der Waals surface area contributed by atoms with Crippen LogP contribution in [0.15, 0.2) is 16.9 Å². The number of anilines is 1. The third-order valence-electron chi connectivity index (χ3n) is 6.97. The minimum absolute atomic E-state index is 0.0516. The molecule has 2 saturated heterocycles. The first kappa shape index (κ1) is 19.6. The molecule has 7 heteroatoms. The zero-order valence-electron chi connectivity index (χ0n) is 17.1. The number of likely N-dealkylation sites (tertiary alicyclic amines) is 2. The van der Waals surface area contributed by atoms with Crippen LogP contribution in [-0.4, -0.2) is 63.5 Å². The summed E-state index contributed by atoms with van der Waals surface area (Å²) in [6.07, 6.45) is 4.10. The van der Waals surface area contributed by atoms with Crippen LogP contribution in [-0.2, 0) is 16.1 Å². The van der Waals surface area contributed by atoms with Gasteiger partial charge in [0.1, 0.15) is 5.69 Å². The second kappa shape index (κ2) is 8.35. The van der Waals surface area contributed by atoms with E-state index in [2.05, 4.69) is 18.4 Å². The Labute approximate surface area is 166 Å². The molecule has 28 heavy (non-hydrogen) atoms. The number of nitrogens with one attached hydrogen (secondary N) is 3. The normalized spacial score (nSPS) is 31.9. The monoisotopic (exact) mass is 390 g/mol. The number of amides is 1. The van der Waals surface area contributed by atoms with E-state index in [1.807, 2.05) is 4.57 Å². The molecule has 3 aliphatic rings. The molecule has 1 unspecified atom stereocenters. The Balaban J connectivity index is 1.49. The minimum atomic E-state index is -0.171. The third-order valence-corrected chi connectivity index (χ3v) is 6.97. The fourth-order valence-corrected chi connectivity index (χ4v) is 5.45. The standard InChI is InChI=1S/C21H32N4O3/c1-23-8-5-17(6-9-23)24-12-15-11-16(14-24)19-4-3-18(21(27)25(19)13-15)22-20(26)7-10-28-2/h3-4,15-17H,5-14H2,1-2H3,(H,22,26)/p+2/t15-,16+/m0/s1. The first-order chi connectivity index (χ1) is 13.5. The number of nitrogens with zero attached hydrogens (tertiary/aromatic N) is 1. The van der Waals surface area contributed by atoms with Crippen molar-refractivity contribution in [2.75, 3.05) is 52.3 Å². The summed E-state index contributed by atoms with van der Waals surface area (Å²) in [5.41, 5.74) is 1.50. The van der Waals surface area contributed by atoms with Gasteiger partial charge in [0.25, 0.3) is 5.56 Å². The zero-order chi connectivity index (χ0) is 19.7. The Hall–Kier alpha value is -1.70.